The fourth-order valence-electron chi connectivity index (χ4n) is 2.92. The third-order valence-corrected chi connectivity index (χ3v) is 4.34. The maximum Gasteiger partial charge on any atom is 0.416 e. The van der Waals surface area contributed by atoms with Crippen molar-refractivity contribution in [2.24, 2.45) is 0 Å². The maximum atomic E-state index is 11.0. The standard InChI is InChI=1S/C18H33NO2/c1-3-5-6-7-8-9-10-11-12-13-14-16(4-2)17-15-19-18(20)21-17/h15-16H,3-14H2,1-2H3,(H,19,20). The van der Waals surface area contributed by atoms with Crippen LogP contribution in [0.4, 0.5) is 0 Å². The van der Waals surface area contributed by atoms with Crippen molar-refractivity contribution in [3.05, 3.63) is 22.5 Å². The SMILES string of the molecule is CCCCCCCCCCCCC(CC)c1c[nH]c(=O)o1. The van der Waals surface area contributed by atoms with Crippen LogP contribution >= 0.6 is 0 Å². The number of hydrogen-bond donors (Lipinski definition) is 1. The Balaban J connectivity index is 1.99. The Morgan fingerprint density at radius 3 is 2.00 bits per heavy atom. The van der Waals surface area contributed by atoms with Gasteiger partial charge in [0, 0.05) is 12.1 Å². The lowest BCUT2D eigenvalue weighted by atomic mass is 9.96. The molecular weight excluding hydrogens is 262 g/mol. The first-order valence-electron chi connectivity index (χ1n) is 8.96. The van der Waals surface area contributed by atoms with Crippen LogP contribution in [0.5, 0.6) is 0 Å². The van der Waals surface area contributed by atoms with Gasteiger partial charge in [0.05, 0.1) is 0 Å². The van der Waals surface area contributed by atoms with Gasteiger partial charge >= 0.3 is 5.76 Å². The first kappa shape index (κ1) is 18.1. The molecule has 0 aliphatic rings. The van der Waals surface area contributed by atoms with E-state index in [2.05, 4.69) is 18.8 Å². The molecule has 1 atom stereocenters. The van der Waals surface area contributed by atoms with Crippen LogP contribution in [0.3, 0.4) is 0 Å². The molecule has 0 saturated heterocycles. The highest BCUT2D eigenvalue weighted by atomic mass is 16.4. The molecule has 0 aliphatic carbocycles. The van der Waals surface area contributed by atoms with Crippen molar-refractivity contribution in [3.8, 4) is 0 Å². The van der Waals surface area contributed by atoms with E-state index in [9.17, 15) is 4.79 Å². The monoisotopic (exact) mass is 295 g/mol. The van der Waals surface area contributed by atoms with E-state index in [1.165, 1.54) is 64.2 Å². The van der Waals surface area contributed by atoms with Crippen LogP contribution in [-0.2, 0) is 0 Å². The van der Waals surface area contributed by atoms with Crippen molar-refractivity contribution in [1.82, 2.24) is 4.98 Å². The third-order valence-electron chi connectivity index (χ3n) is 4.34. The Hall–Kier alpha value is -0.990. The number of oxazole rings is 1. The van der Waals surface area contributed by atoms with Gasteiger partial charge in [0.1, 0.15) is 5.76 Å². The van der Waals surface area contributed by atoms with E-state index in [4.69, 9.17) is 4.42 Å². The molecule has 1 aromatic rings. The summed E-state index contributed by atoms with van der Waals surface area (Å²) >= 11 is 0. The minimum Gasteiger partial charge on any atom is -0.413 e. The smallest absolute Gasteiger partial charge is 0.413 e. The predicted molar refractivity (Wildman–Crippen MR) is 88.8 cm³/mol. The van der Waals surface area contributed by atoms with E-state index in [1.807, 2.05) is 0 Å². The van der Waals surface area contributed by atoms with Crippen LogP contribution in [0.2, 0.25) is 0 Å². The van der Waals surface area contributed by atoms with E-state index in [0.717, 1.165) is 18.6 Å². The van der Waals surface area contributed by atoms with Crippen LogP contribution in [0, 0.1) is 0 Å². The van der Waals surface area contributed by atoms with Gasteiger partial charge in [-0.3, -0.25) is 4.98 Å². The first-order valence-corrected chi connectivity index (χ1v) is 8.96. The predicted octanol–water partition coefficient (Wildman–Crippen LogP) is 5.77. The normalized spacial score (nSPS) is 12.7. The molecule has 3 nitrogen and oxygen atoms in total. The highest BCUT2D eigenvalue weighted by Crippen LogP contribution is 2.24. The quantitative estimate of drug-likeness (QED) is 0.469. The number of rotatable bonds is 13. The fourth-order valence-corrected chi connectivity index (χ4v) is 2.92. The summed E-state index contributed by atoms with van der Waals surface area (Å²) in [6, 6.07) is 0. The van der Waals surface area contributed by atoms with E-state index in [0.29, 0.717) is 5.92 Å². The molecule has 122 valence electrons. The van der Waals surface area contributed by atoms with Gasteiger partial charge in [-0.1, -0.05) is 78.1 Å². The largest absolute Gasteiger partial charge is 0.416 e. The van der Waals surface area contributed by atoms with Gasteiger partial charge in [0.2, 0.25) is 0 Å². The molecule has 21 heavy (non-hydrogen) atoms. The molecule has 0 fully saturated rings. The second-order valence-corrected chi connectivity index (χ2v) is 6.16. The third kappa shape index (κ3) is 8.13. The topological polar surface area (TPSA) is 46.0 Å². The summed E-state index contributed by atoms with van der Waals surface area (Å²) in [6.07, 6.45) is 17.5. The molecule has 0 bridgehead atoms. The Morgan fingerprint density at radius 1 is 0.952 bits per heavy atom. The van der Waals surface area contributed by atoms with Crippen LogP contribution < -0.4 is 5.76 Å². The highest BCUT2D eigenvalue weighted by molar-refractivity contribution is 4.98. The molecule has 3 heteroatoms. The van der Waals surface area contributed by atoms with Gasteiger partial charge in [0.25, 0.3) is 0 Å². The van der Waals surface area contributed by atoms with E-state index < -0.39 is 0 Å². The minimum absolute atomic E-state index is 0.327. The first-order chi connectivity index (χ1) is 10.3. The lowest BCUT2D eigenvalue weighted by Crippen LogP contribution is -1.97. The number of unbranched alkanes of at least 4 members (excludes halogenated alkanes) is 9. The zero-order valence-corrected chi connectivity index (χ0v) is 14.0. The molecule has 0 radical (unpaired) electrons. The maximum absolute atomic E-state index is 11.0. The molecule has 0 aliphatic heterocycles. The molecule has 0 spiro atoms. The average Bonchev–Trinajstić information content (AvgIpc) is 2.91. The molecule has 0 aromatic carbocycles. The van der Waals surface area contributed by atoms with Gasteiger partial charge in [0.15, 0.2) is 0 Å². The lowest BCUT2D eigenvalue weighted by Gasteiger charge is -2.10. The second kappa shape index (κ2) is 11.6. The number of nitrogens with one attached hydrogen (secondary N) is 1. The summed E-state index contributed by atoms with van der Waals surface area (Å²) in [5.41, 5.74) is 0. The zero-order chi connectivity index (χ0) is 15.3. The van der Waals surface area contributed by atoms with Gasteiger partial charge in [-0.15, -0.1) is 0 Å². The van der Waals surface area contributed by atoms with Gasteiger partial charge < -0.3 is 4.42 Å². The average molecular weight is 295 g/mol. The molecule has 1 N–H and O–H groups in total. The van der Waals surface area contributed by atoms with E-state index >= 15 is 0 Å². The number of aromatic nitrogens is 1. The number of H-pyrrole nitrogens is 1. The van der Waals surface area contributed by atoms with E-state index in [-0.39, 0.29) is 5.76 Å². The zero-order valence-electron chi connectivity index (χ0n) is 14.0. The van der Waals surface area contributed by atoms with Crippen LogP contribution in [0.15, 0.2) is 15.4 Å². The highest BCUT2D eigenvalue weighted by Gasteiger charge is 2.13. The van der Waals surface area contributed by atoms with Crippen molar-refractivity contribution in [1.29, 1.82) is 0 Å². The van der Waals surface area contributed by atoms with Crippen LogP contribution in [-0.4, -0.2) is 4.98 Å². The van der Waals surface area contributed by atoms with Crippen molar-refractivity contribution in [3.63, 3.8) is 0 Å². The van der Waals surface area contributed by atoms with Gasteiger partial charge in [-0.2, -0.15) is 0 Å². The molecule has 1 heterocycles. The summed E-state index contributed by atoms with van der Waals surface area (Å²) in [7, 11) is 0. The molecule has 0 saturated carbocycles. The van der Waals surface area contributed by atoms with Crippen molar-refractivity contribution in [2.75, 3.05) is 0 Å². The number of aromatic amines is 1. The Morgan fingerprint density at radius 2 is 1.52 bits per heavy atom. The van der Waals surface area contributed by atoms with Crippen molar-refractivity contribution in [2.45, 2.75) is 96.8 Å². The van der Waals surface area contributed by atoms with Crippen LogP contribution in [0.25, 0.3) is 0 Å². The Kier molecular flexibility index (Phi) is 10.0. The summed E-state index contributed by atoms with van der Waals surface area (Å²) in [5.74, 6) is 0.906. The number of hydrogen-bond acceptors (Lipinski definition) is 2. The summed E-state index contributed by atoms with van der Waals surface area (Å²) in [4.78, 5) is 13.6. The molecule has 1 unspecified atom stereocenters. The van der Waals surface area contributed by atoms with E-state index in [1.54, 1.807) is 6.20 Å². The molecule has 1 rings (SSSR count). The summed E-state index contributed by atoms with van der Waals surface area (Å²) in [6.45, 7) is 4.43. The molecule has 0 amide bonds. The van der Waals surface area contributed by atoms with Crippen LogP contribution in [0.1, 0.15) is 103 Å². The second-order valence-electron chi connectivity index (χ2n) is 6.16. The van der Waals surface area contributed by atoms with Gasteiger partial charge in [-0.05, 0) is 12.8 Å². The summed E-state index contributed by atoms with van der Waals surface area (Å²) < 4.78 is 5.17. The fraction of sp³-hybridized carbons (Fsp3) is 0.833. The van der Waals surface area contributed by atoms with Crippen molar-refractivity contribution >= 4 is 0 Å². The lowest BCUT2D eigenvalue weighted by molar-refractivity contribution is 0.404. The summed E-state index contributed by atoms with van der Waals surface area (Å²) in [5, 5.41) is 0. The minimum atomic E-state index is -0.327. The Labute approximate surface area is 129 Å². The molecule has 1 aromatic heterocycles. The Bertz CT molecular complexity index is 394. The van der Waals surface area contributed by atoms with Gasteiger partial charge in [-0.25, -0.2) is 4.79 Å². The van der Waals surface area contributed by atoms with Crippen molar-refractivity contribution < 1.29 is 4.42 Å². The molecular formula is C18H33NO2.